The van der Waals surface area contributed by atoms with Crippen molar-refractivity contribution in [2.24, 2.45) is 0 Å². The number of anilines is 9. The molecule has 0 spiro atoms. The zero-order chi connectivity index (χ0) is 104. The van der Waals surface area contributed by atoms with Crippen LogP contribution in [0.2, 0.25) is 0 Å². The van der Waals surface area contributed by atoms with Crippen molar-refractivity contribution in [2.45, 2.75) is 169 Å². The van der Waals surface area contributed by atoms with E-state index in [4.69, 9.17) is 0 Å². The number of hydrogen-bond acceptors (Lipinski definition) is 18. The average Bonchev–Trinajstić information content (AvgIpc) is 0.786. The Labute approximate surface area is 955 Å². The van der Waals surface area contributed by atoms with Gasteiger partial charge in [0.05, 0.1) is 14.7 Å². The van der Waals surface area contributed by atoms with Gasteiger partial charge in [-0.3, -0.25) is 0 Å². The van der Waals surface area contributed by atoms with E-state index in [0.29, 0.717) is 19.6 Å². The van der Waals surface area contributed by atoms with Crippen LogP contribution < -0.4 is 133 Å². The van der Waals surface area contributed by atoms with Crippen molar-refractivity contribution < 1.29 is 128 Å². The molecule has 0 saturated carbocycles. The van der Waals surface area contributed by atoms with Gasteiger partial charge in [-0.25, -0.2) is 25.3 Å². The van der Waals surface area contributed by atoms with Gasteiger partial charge in [0.15, 0.2) is 0 Å². The van der Waals surface area contributed by atoms with Crippen LogP contribution in [0.25, 0.3) is 0 Å². The van der Waals surface area contributed by atoms with Gasteiger partial charge in [0, 0.05) is 188 Å². The molecular weight excluding hydrogens is 1940 g/mol. The van der Waals surface area contributed by atoms with E-state index in [2.05, 4.69) is 440 Å². The topological polar surface area (TPSA) is 201 Å². The molecule has 0 aliphatic heterocycles. The molecule has 0 fully saturated rings. The second-order valence-electron chi connectivity index (χ2n) is 37.7. The van der Waals surface area contributed by atoms with Crippen molar-refractivity contribution in [3.63, 3.8) is 0 Å². The van der Waals surface area contributed by atoms with Gasteiger partial charge in [-0.1, -0.05) is 229 Å². The van der Waals surface area contributed by atoms with Crippen LogP contribution in [0.15, 0.2) is 373 Å². The Morgan fingerprint density at radius 1 is 0.208 bits per heavy atom. The zero-order valence-corrected chi connectivity index (χ0v) is 99.0. The molecule has 762 valence electrons. The minimum Gasteiger partial charge on any atom is -0.744 e. The molecular formula is C125H142N9Na3O9S3. The summed E-state index contributed by atoms with van der Waals surface area (Å²) in [6, 6.07) is 123. The van der Waals surface area contributed by atoms with Crippen molar-refractivity contribution in [3.05, 3.63) is 464 Å². The molecule has 18 nitrogen and oxygen atoms in total. The molecule has 0 saturated heterocycles. The van der Waals surface area contributed by atoms with Crippen LogP contribution in [0.3, 0.4) is 0 Å². The average molecular weight is 2080 g/mol. The predicted molar refractivity (Wildman–Crippen MR) is 604 cm³/mol. The first kappa shape index (κ1) is 120. The second kappa shape index (κ2) is 57.1. The monoisotopic (exact) mass is 2080 g/mol. The summed E-state index contributed by atoms with van der Waals surface area (Å²) in [6.45, 7) is 43.0. The van der Waals surface area contributed by atoms with Crippen molar-refractivity contribution >= 4 is 81.5 Å². The van der Waals surface area contributed by atoms with Crippen LogP contribution >= 0.6 is 0 Å². The smallest absolute Gasteiger partial charge is 0.744 e. The summed E-state index contributed by atoms with van der Waals surface area (Å²) < 4.78 is 104. The largest absolute Gasteiger partial charge is 1.00 e. The minimum absolute atomic E-state index is 0. The third-order valence-electron chi connectivity index (χ3n) is 27.7. The summed E-state index contributed by atoms with van der Waals surface area (Å²) in [4.78, 5) is 20.0. The molecule has 3 unspecified atom stereocenters. The van der Waals surface area contributed by atoms with Crippen LogP contribution in [0, 0.1) is 27.7 Å². The Hall–Kier alpha value is -10.8. The molecule has 0 amide bonds. The first-order valence-corrected chi connectivity index (χ1v) is 55.3. The van der Waals surface area contributed by atoms with Crippen LogP contribution in [0.4, 0.5) is 51.2 Å². The van der Waals surface area contributed by atoms with Gasteiger partial charge < -0.3 is 57.8 Å². The third kappa shape index (κ3) is 32.9. The quantitative estimate of drug-likeness (QED) is 0.0198. The van der Waals surface area contributed by atoms with E-state index < -0.39 is 30.4 Å². The maximum absolute atomic E-state index is 11.6. The number of aryl methyl sites for hydroxylation is 4. The van der Waals surface area contributed by atoms with Gasteiger partial charge in [-0.15, -0.1) is 0 Å². The Bertz CT molecular complexity index is 7120. The zero-order valence-electron chi connectivity index (χ0n) is 90.5. The molecule has 3 atom stereocenters. The molecule has 0 heterocycles. The van der Waals surface area contributed by atoms with Crippen LogP contribution in [0.5, 0.6) is 0 Å². The summed E-state index contributed by atoms with van der Waals surface area (Å²) in [5.74, 6) is 0.106. The molecule has 0 aliphatic rings. The van der Waals surface area contributed by atoms with E-state index in [1.54, 1.807) is 18.2 Å². The predicted octanol–water partition coefficient (Wildman–Crippen LogP) is 17.5. The van der Waals surface area contributed by atoms with Crippen molar-refractivity contribution in [1.29, 1.82) is 0 Å². The molecule has 24 heteroatoms. The van der Waals surface area contributed by atoms with Gasteiger partial charge in [-0.2, -0.15) is 0 Å². The van der Waals surface area contributed by atoms with Crippen molar-refractivity contribution in [1.82, 2.24) is 0 Å². The van der Waals surface area contributed by atoms with Gasteiger partial charge in [-0.05, 0) is 332 Å². The van der Waals surface area contributed by atoms with Gasteiger partial charge in [0.1, 0.15) is 30.4 Å². The fourth-order valence-corrected chi connectivity index (χ4v) is 21.3. The molecule has 15 rings (SSSR count). The van der Waals surface area contributed by atoms with Crippen LogP contribution in [-0.2, 0) is 69.6 Å². The molecule has 15 aromatic carbocycles. The molecule has 0 radical (unpaired) electrons. The molecule has 15 aromatic rings. The fraction of sp³-hybridized carbons (Fsp3) is 0.280. The molecule has 149 heavy (non-hydrogen) atoms. The van der Waals surface area contributed by atoms with Gasteiger partial charge in [0.25, 0.3) is 0 Å². The third-order valence-corrected chi connectivity index (χ3v) is 30.2. The number of hydrogen-bond donors (Lipinski definition) is 0. The molecule has 0 aromatic heterocycles. The van der Waals surface area contributed by atoms with Crippen molar-refractivity contribution in [2.75, 3.05) is 124 Å². The van der Waals surface area contributed by atoms with E-state index in [1.165, 1.54) is 154 Å². The van der Waals surface area contributed by atoms with E-state index in [0.717, 1.165) is 125 Å². The molecule has 0 bridgehead atoms. The summed E-state index contributed by atoms with van der Waals surface area (Å²) in [5.41, 5.74) is 32.6. The summed E-state index contributed by atoms with van der Waals surface area (Å²) in [6.07, 6.45) is 0. The Morgan fingerprint density at radius 2 is 0.389 bits per heavy atom. The SMILES string of the molecule is CCN(CC)c1ccc(C(c2ccc(N(CC)Cc3cccc(C)c3)cc2)c2ccc(N(CC)Cc3cccc(S(=O)(=O)[O-])c3)cc2)c(C)c1.CCN(CC)c1ccc(C(c2ccc(N(CC)Cc3cccc(C)c3)cc2)c2ccc(N(CC)Cc3cccc(S(=O)(=O)[O-])c3)cc2)cc1.CCN(Cc1cccc(C)c1)c1ccc(C(c2ccc(N(C)C)cc2)c2ccc(N(CC)Cc3cccc(S(=O)(=O)[O-])c3)cc2)cc1.[Na+].[Na+].[Na+]. The Kier molecular flexibility index (Phi) is 46.0. The van der Waals surface area contributed by atoms with E-state index >= 15 is 0 Å². The van der Waals surface area contributed by atoms with Gasteiger partial charge >= 0.3 is 88.7 Å². The summed E-state index contributed by atoms with van der Waals surface area (Å²) in [5, 5.41) is 0. The fourth-order valence-electron chi connectivity index (χ4n) is 19.6. The first-order chi connectivity index (χ1) is 70.2. The van der Waals surface area contributed by atoms with Crippen LogP contribution in [-0.4, -0.2) is 118 Å². The Balaban J connectivity index is 0.000000226. The van der Waals surface area contributed by atoms with E-state index in [1.807, 2.05) is 18.2 Å². The van der Waals surface area contributed by atoms with Crippen molar-refractivity contribution in [3.8, 4) is 0 Å². The summed E-state index contributed by atoms with van der Waals surface area (Å²) in [7, 11) is -9.43. The standard InChI is InChI=1S/C43H51N3O3S.C42H49N3O3S.C40H45N3O3S.3Na/c1-7-44(8-2)40-25-26-42(33(6)28-40)43(36-17-21-38(22-18-36)45(9-3)30-34-14-11-13-32(5)27-34)37-19-23-39(24-20-37)46(10-4)31-35-15-12-16-41(29-35)50(47,48)49;1-6-43(7-2)38-22-16-35(17-23-38)42(36-18-24-39(25-19-36)44(8-3)30-33-13-10-12-32(5)28-33)37-20-26-40(27-21-37)45(9-4)31-34-14-11-15-41(29-34)49(46,47)48;1-6-42(28-31-11-8-10-30(3)26-31)37-22-16-34(17-23-37)40(33-14-20-36(21-15-33)41(4)5)35-18-24-38(25-19-35)43(7-2)29-32-12-9-13-39(27-32)47(44,45)46;;;/h11-29,43H,7-10,30-31H2,1-6H3,(H,47,48,49);10-29,42H,6-9,30-31H2,1-5H3,(H,46,47,48);8-27,40H,6-7,28-29H2,1-5H3,(H,44,45,46);;;/q;;;3*+1/p-3. The second-order valence-corrected chi connectivity index (χ2v) is 41.8. The van der Waals surface area contributed by atoms with E-state index in [9.17, 15) is 38.9 Å². The minimum atomic E-state index is -4.51. The van der Waals surface area contributed by atoms with E-state index in [-0.39, 0.29) is 121 Å². The normalized spacial score (nSPS) is 11.8. The number of rotatable bonds is 43. The maximum atomic E-state index is 11.6. The molecule has 0 aliphatic carbocycles. The Morgan fingerprint density at radius 3 is 0.584 bits per heavy atom. The maximum Gasteiger partial charge on any atom is 1.00 e. The van der Waals surface area contributed by atoms with Crippen LogP contribution in [0.1, 0.15) is 193 Å². The summed E-state index contributed by atoms with van der Waals surface area (Å²) >= 11 is 0. The number of nitrogens with zero attached hydrogens (tertiary/aromatic N) is 9. The number of benzene rings is 15. The molecule has 0 N–H and O–H groups in total. The first-order valence-electron chi connectivity index (χ1n) is 51.1. The van der Waals surface area contributed by atoms with Gasteiger partial charge in [0.2, 0.25) is 0 Å².